The van der Waals surface area contributed by atoms with Gasteiger partial charge in [0.1, 0.15) is 0 Å². The Morgan fingerprint density at radius 2 is 2.06 bits per heavy atom. The number of amides is 1. The Labute approximate surface area is 114 Å². The molecule has 0 saturated carbocycles. The van der Waals surface area contributed by atoms with Crippen LogP contribution in [0.25, 0.3) is 0 Å². The van der Waals surface area contributed by atoms with Gasteiger partial charge in [-0.1, -0.05) is 6.92 Å². The topological polar surface area (TPSA) is 106 Å². The van der Waals surface area contributed by atoms with Crippen molar-refractivity contribution in [3.63, 3.8) is 0 Å². The lowest BCUT2D eigenvalue weighted by Crippen LogP contribution is -2.38. The number of carbonyl (C=O) groups excluding carboxylic acids is 1. The fourth-order valence-electron chi connectivity index (χ4n) is 1.37. The summed E-state index contributed by atoms with van der Waals surface area (Å²) in [6.45, 7) is 1.43. The Balaban J connectivity index is 3.18. The van der Waals surface area contributed by atoms with Crippen molar-refractivity contribution in [1.29, 1.82) is 0 Å². The Bertz CT molecular complexity index is 559. The molecule has 0 radical (unpaired) electrons. The van der Waals surface area contributed by atoms with Crippen molar-refractivity contribution in [3.05, 3.63) is 22.7 Å². The molecule has 18 heavy (non-hydrogen) atoms. The van der Waals surface area contributed by atoms with Gasteiger partial charge in [-0.05, 0) is 34.1 Å². The molecule has 0 heterocycles. The summed E-state index contributed by atoms with van der Waals surface area (Å²) in [7, 11) is -3.75. The van der Waals surface area contributed by atoms with E-state index in [1.54, 1.807) is 13.0 Å². The lowest BCUT2D eigenvalue weighted by atomic mass is 10.3. The zero-order chi connectivity index (χ0) is 13.9. The monoisotopic (exact) mass is 335 g/mol. The summed E-state index contributed by atoms with van der Waals surface area (Å²) in [5, 5.41) is 0. The molecule has 0 atom stereocenters. The van der Waals surface area contributed by atoms with Crippen molar-refractivity contribution < 1.29 is 13.2 Å². The standard InChI is InChI=1S/C10H14BrN3O3S/c1-2-14(6-10(13)15)18(16,17)7-3-4-8(11)9(12)5-7/h3-5H,2,6,12H2,1H3,(H2,13,15). The van der Waals surface area contributed by atoms with Gasteiger partial charge in [0, 0.05) is 16.7 Å². The van der Waals surface area contributed by atoms with Crippen LogP contribution in [0.3, 0.4) is 0 Å². The molecule has 1 amide bonds. The van der Waals surface area contributed by atoms with Gasteiger partial charge in [0.15, 0.2) is 0 Å². The highest BCUT2D eigenvalue weighted by molar-refractivity contribution is 9.10. The van der Waals surface area contributed by atoms with Crippen molar-refractivity contribution in [1.82, 2.24) is 4.31 Å². The summed E-state index contributed by atoms with van der Waals surface area (Å²) >= 11 is 3.18. The number of rotatable bonds is 5. The van der Waals surface area contributed by atoms with Crippen molar-refractivity contribution >= 4 is 37.5 Å². The minimum atomic E-state index is -3.75. The second-order valence-electron chi connectivity index (χ2n) is 3.58. The molecule has 100 valence electrons. The molecule has 4 N–H and O–H groups in total. The van der Waals surface area contributed by atoms with Crippen LogP contribution in [0.2, 0.25) is 0 Å². The highest BCUT2D eigenvalue weighted by Crippen LogP contribution is 2.24. The van der Waals surface area contributed by atoms with Gasteiger partial charge in [-0.15, -0.1) is 0 Å². The molecule has 0 unspecified atom stereocenters. The number of carbonyl (C=O) groups is 1. The van der Waals surface area contributed by atoms with Crippen LogP contribution in [0, 0.1) is 0 Å². The molecule has 0 aliphatic carbocycles. The summed E-state index contributed by atoms with van der Waals surface area (Å²) in [6.07, 6.45) is 0. The van der Waals surface area contributed by atoms with Crippen LogP contribution in [0.15, 0.2) is 27.6 Å². The predicted molar refractivity (Wildman–Crippen MR) is 72.2 cm³/mol. The van der Waals surface area contributed by atoms with Crippen LogP contribution in [0.5, 0.6) is 0 Å². The number of nitrogens with zero attached hydrogens (tertiary/aromatic N) is 1. The quantitative estimate of drug-likeness (QED) is 0.765. The second kappa shape index (κ2) is 5.68. The Morgan fingerprint density at radius 1 is 1.44 bits per heavy atom. The molecule has 0 saturated heterocycles. The summed E-state index contributed by atoms with van der Waals surface area (Å²) in [6, 6.07) is 4.29. The van der Waals surface area contributed by atoms with Gasteiger partial charge in [0.25, 0.3) is 0 Å². The highest BCUT2D eigenvalue weighted by atomic mass is 79.9. The number of likely N-dealkylation sites (N-methyl/N-ethyl adjacent to an activating group) is 1. The summed E-state index contributed by atoms with van der Waals surface area (Å²) in [5.41, 5.74) is 11.0. The van der Waals surface area contributed by atoms with Crippen LogP contribution in [-0.2, 0) is 14.8 Å². The minimum absolute atomic E-state index is 0.0336. The molecule has 6 nitrogen and oxygen atoms in total. The molecule has 0 fully saturated rings. The maximum Gasteiger partial charge on any atom is 0.243 e. The zero-order valence-electron chi connectivity index (χ0n) is 9.76. The van der Waals surface area contributed by atoms with Gasteiger partial charge in [0.2, 0.25) is 15.9 Å². The molecule has 0 bridgehead atoms. The first-order valence-electron chi connectivity index (χ1n) is 5.12. The van der Waals surface area contributed by atoms with Gasteiger partial charge in [0.05, 0.1) is 11.4 Å². The van der Waals surface area contributed by atoms with E-state index in [1.807, 2.05) is 0 Å². The van der Waals surface area contributed by atoms with Crippen LogP contribution in [0.4, 0.5) is 5.69 Å². The highest BCUT2D eigenvalue weighted by Gasteiger charge is 2.24. The number of nitrogens with two attached hydrogens (primary N) is 2. The van der Waals surface area contributed by atoms with E-state index in [-0.39, 0.29) is 18.0 Å². The van der Waals surface area contributed by atoms with Crippen LogP contribution in [0.1, 0.15) is 6.92 Å². The normalized spacial score (nSPS) is 11.7. The summed E-state index contributed by atoms with van der Waals surface area (Å²) in [4.78, 5) is 10.9. The molecule has 0 spiro atoms. The van der Waals surface area contributed by atoms with Crippen molar-refractivity contribution in [2.45, 2.75) is 11.8 Å². The molecule has 1 aromatic carbocycles. The number of primary amides is 1. The number of hydrogen-bond acceptors (Lipinski definition) is 4. The first-order valence-corrected chi connectivity index (χ1v) is 7.35. The first-order chi connectivity index (χ1) is 8.28. The second-order valence-corrected chi connectivity index (χ2v) is 6.37. The Morgan fingerprint density at radius 3 is 2.50 bits per heavy atom. The van der Waals surface area contributed by atoms with Crippen molar-refractivity contribution in [2.75, 3.05) is 18.8 Å². The number of anilines is 1. The maximum atomic E-state index is 12.2. The molecule has 0 aliphatic heterocycles. The largest absolute Gasteiger partial charge is 0.398 e. The molecule has 1 rings (SSSR count). The van der Waals surface area contributed by atoms with Gasteiger partial charge in [-0.3, -0.25) is 4.79 Å². The summed E-state index contributed by atoms with van der Waals surface area (Å²) in [5.74, 6) is -0.703. The van der Waals surface area contributed by atoms with E-state index in [1.165, 1.54) is 12.1 Å². The average Bonchev–Trinajstić information content (AvgIpc) is 2.28. The average molecular weight is 336 g/mol. The minimum Gasteiger partial charge on any atom is -0.398 e. The van der Waals surface area contributed by atoms with E-state index in [4.69, 9.17) is 11.5 Å². The number of halogens is 1. The van der Waals surface area contributed by atoms with E-state index >= 15 is 0 Å². The Hall–Kier alpha value is -1.12. The van der Waals surface area contributed by atoms with Crippen molar-refractivity contribution in [3.8, 4) is 0 Å². The molecule has 8 heteroatoms. The van der Waals surface area contributed by atoms with Gasteiger partial charge < -0.3 is 11.5 Å². The third-order valence-corrected chi connectivity index (χ3v) is 4.93. The van der Waals surface area contributed by atoms with E-state index in [9.17, 15) is 13.2 Å². The molecular formula is C10H14BrN3O3S. The van der Waals surface area contributed by atoms with Gasteiger partial charge >= 0.3 is 0 Å². The van der Waals surface area contributed by atoms with E-state index in [0.29, 0.717) is 10.2 Å². The van der Waals surface area contributed by atoms with E-state index in [0.717, 1.165) is 4.31 Å². The Kier molecular flexibility index (Phi) is 4.71. The fourth-order valence-corrected chi connectivity index (χ4v) is 3.07. The molecule has 0 aromatic heterocycles. The van der Waals surface area contributed by atoms with Crippen molar-refractivity contribution in [2.24, 2.45) is 5.73 Å². The van der Waals surface area contributed by atoms with E-state index < -0.39 is 15.9 Å². The lowest BCUT2D eigenvalue weighted by Gasteiger charge is -2.19. The lowest BCUT2D eigenvalue weighted by molar-refractivity contribution is -0.118. The number of sulfonamides is 1. The van der Waals surface area contributed by atoms with Gasteiger partial charge in [-0.25, -0.2) is 8.42 Å². The zero-order valence-corrected chi connectivity index (χ0v) is 12.2. The third-order valence-electron chi connectivity index (χ3n) is 2.29. The predicted octanol–water partition coefficient (Wildman–Crippen LogP) is 0.527. The van der Waals surface area contributed by atoms with Crippen LogP contribution >= 0.6 is 15.9 Å². The molecule has 1 aromatic rings. The maximum absolute atomic E-state index is 12.2. The van der Waals surface area contributed by atoms with Crippen LogP contribution < -0.4 is 11.5 Å². The number of nitrogen functional groups attached to an aromatic ring is 1. The number of hydrogen-bond donors (Lipinski definition) is 2. The van der Waals surface area contributed by atoms with Gasteiger partial charge in [-0.2, -0.15) is 4.31 Å². The summed E-state index contributed by atoms with van der Waals surface area (Å²) < 4.78 is 26.0. The first kappa shape index (κ1) is 14.9. The van der Waals surface area contributed by atoms with E-state index in [2.05, 4.69) is 15.9 Å². The number of benzene rings is 1. The SMILES string of the molecule is CCN(CC(N)=O)S(=O)(=O)c1ccc(Br)c(N)c1. The van der Waals surface area contributed by atoms with Crippen LogP contribution in [-0.4, -0.2) is 31.7 Å². The molecular weight excluding hydrogens is 322 g/mol. The smallest absolute Gasteiger partial charge is 0.243 e. The molecule has 0 aliphatic rings. The third kappa shape index (κ3) is 3.21. The fraction of sp³-hybridized carbons (Fsp3) is 0.300.